The maximum absolute atomic E-state index is 12.6. The zero-order valence-corrected chi connectivity index (χ0v) is 14.0. The summed E-state index contributed by atoms with van der Waals surface area (Å²) >= 11 is 0. The van der Waals surface area contributed by atoms with Crippen molar-refractivity contribution in [2.24, 2.45) is 0 Å². The number of aliphatic carboxylic acids is 1. The van der Waals surface area contributed by atoms with Crippen LogP contribution in [-0.4, -0.2) is 39.5 Å². The molecule has 1 aliphatic rings. The lowest BCUT2D eigenvalue weighted by Crippen LogP contribution is -2.40. The summed E-state index contributed by atoms with van der Waals surface area (Å²) < 4.78 is 5.69. The molecule has 2 heterocycles. The van der Waals surface area contributed by atoms with Gasteiger partial charge in [0, 0.05) is 17.8 Å². The number of pyridine rings is 1. The monoisotopic (exact) mass is 340 g/mol. The summed E-state index contributed by atoms with van der Waals surface area (Å²) in [4.78, 5) is 29.5. The van der Waals surface area contributed by atoms with E-state index in [4.69, 9.17) is 4.74 Å². The second kappa shape index (κ2) is 7.34. The second-order valence-electron chi connectivity index (χ2n) is 6.12. The van der Waals surface area contributed by atoms with Crippen molar-refractivity contribution in [1.82, 2.24) is 9.88 Å². The number of carbonyl (C=O) groups excluding carboxylic acids is 1. The van der Waals surface area contributed by atoms with Crippen LogP contribution in [0.4, 0.5) is 0 Å². The summed E-state index contributed by atoms with van der Waals surface area (Å²) in [7, 11) is 0. The van der Waals surface area contributed by atoms with Crippen LogP contribution in [0.2, 0.25) is 0 Å². The zero-order chi connectivity index (χ0) is 17.8. The number of aryl methyl sites for hydroxylation is 1. The van der Waals surface area contributed by atoms with Gasteiger partial charge >= 0.3 is 5.97 Å². The van der Waals surface area contributed by atoms with Gasteiger partial charge in [0.15, 0.2) is 0 Å². The fourth-order valence-electron chi connectivity index (χ4n) is 2.93. The smallest absolute Gasteiger partial charge is 0.326 e. The number of benzene rings is 1. The Morgan fingerprint density at radius 2 is 2.16 bits per heavy atom. The van der Waals surface area contributed by atoms with Crippen molar-refractivity contribution in [1.29, 1.82) is 0 Å². The summed E-state index contributed by atoms with van der Waals surface area (Å²) in [5.41, 5.74) is 2.24. The Bertz CT molecular complexity index is 773. The number of likely N-dealkylation sites (tertiary alicyclic amines) is 1. The number of ether oxygens (including phenoxy) is 1. The first-order chi connectivity index (χ1) is 12.0. The number of amides is 1. The Labute approximate surface area is 146 Å². The van der Waals surface area contributed by atoms with Gasteiger partial charge in [-0.2, -0.15) is 0 Å². The van der Waals surface area contributed by atoms with Gasteiger partial charge < -0.3 is 14.7 Å². The summed E-state index contributed by atoms with van der Waals surface area (Å²) in [6.45, 7) is 2.70. The maximum Gasteiger partial charge on any atom is 0.326 e. The normalized spacial score (nSPS) is 16.7. The highest BCUT2D eigenvalue weighted by Crippen LogP contribution is 2.21. The van der Waals surface area contributed by atoms with Crippen molar-refractivity contribution < 1.29 is 19.4 Å². The van der Waals surface area contributed by atoms with Crippen LogP contribution in [0.1, 0.15) is 34.5 Å². The number of hydrogen-bond donors (Lipinski definition) is 1. The van der Waals surface area contributed by atoms with Crippen LogP contribution in [0.5, 0.6) is 5.75 Å². The van der Waals surface area contributed by atoms with Crippen LogP contribution in [0.15, 0.2) is 42.6 Å². The van der Waals surface area contributed by atoms with E-state index in [0.717, 1.165) is 11.3 Å². The largest absolute Gasteiger partial charge is 0.487 e. The molecule has 130 valence electrons. The minimum atomic E-state index is -0.947. The average molecular weight is 340 g/mol. The molecule has 1 aromatic heterocycles. The number of carbonyl (C=O) groups is 2. The minimum absolute atomic E-state index is 0.247. The number of aromatic nitrogens is 1. The van der Waals surface area contributed by atoms with Crippen LogP contribution >= 0.6 is 0 Å². The molecule has 0 spiro atoms. The Balaban J connectivity index is 1.69. The number of carboxylic acids is 1. The molecule has 6 heteroatoms. The van der Waals surface area contributed by atoms with Crippen molar-refractivity contribution in [2.45, 2.75) is 32.4 Å². The quantitative estimate of drug-likeness (QED) is 0.905. The zero-order valence-electron chi connectivity index (χ0n) is 14.0. The van der Waals surface area contributed by atoms with E-state index in [1.54, 1.807) is 24.4 Å². The third-order valence-corrected chi connectivity index (χ3v) is 4.26. The van der Waals surface area contributed by atoms with E-state index in [2.05, 4.69) is 4.98 Å². The van der Waals surface area contributed by atoms with E-state index in [1.165, 1.54) is 4.90 Å². The first kappa shape index (κ1) is 17.0. The lowest BCUT2D eigenvalue weighted by Gasteiger charge is -2.21. The first-order valence-electron chi connectivity index (χ1n) is 8.23. The van der Waals surface area contributed by atoms with Gasteiger partial charge in [-0.1, -0.05) is 12.1 Å². The molecular formula is C19H20N2O4. The summed E-state index contributed by atoms with van der Waals surface area (Å²) in [5, 5.41) is 9.24. The molecule has 1 fully saturated rings. The van der Waals surface area contributed by atoms with Crippen LogP contribution < -0.4 is 4.74 Å². The molecule has 1 unspecified atom stereocenters. The van der Waals surface area contributed by atoms with Gasteiger partial charge in [-0.25, -0.2) is 4.79 Å². The van der Waals surface area contributed by atoms with Crippen molar-refractivity contribution in [3.05, 3.63) is 59.4 Å². The van der Waals surface area contributed by atoms with Gasteiger partial charge in [-0.3, -0.25) is 9.78 Å². The highest BCUT2D eigenvalue weighted by Gasteiger charge is 2.34. The summed E-state index contributed by atoms with van der Waals surface area (Å²) in [5.74, 6) is -0.534. The number of carboxylic acid groups (broad SMARTS) is 1. The third-order valence-electron chi connectivity index (χ3n) is 4.26. The Hall–Kier alpha value is -2.89. The molecule has 0 saturated carbocycles. The standard InChI is InChI=1S/C19H20N2O4/c1-13-7-8-16(11-20-13)25-12-14-4-2-5-15(10-14)18(22)21-9-3-6-17(21)19(23)24/h2,4-5,7-8,10-11,17H,3,6,9,12H2,1H3,(H,23,24). The van der Waals surface area contributed by atoms with Crippen molar-refractivity contribution in [3.63, 3.8) is 0 Å². The molecule has 1 saturated heterocycles. The van der Waals surface area contributed by atoms with E-state index in [-0.39, 0.29) is 5.91 Å². The van der Waals surface area contributed by atoms with Gasteiger partial charge in [0.2, 0.25) is 0 Å². The van der Waals surface area contributed by atoms with Crippen molar-refractivity contribution in [3.8, 4) is 5.75 Å². The van der Waals surface area contributed by atoms with Crippen molar-refractivity contribution >= 4 is 11.9 Å². The number of nitrogens with zero attached hydrogens (tertiary/aromatic N) is 2. The number of rotatable bonds is 5. The summed E-state index contributed by atoms with van der Waals surface area (Å²) in [6.07, 6.45) is 2.88. The molecule has 2 aromatic rings. The summed E-state index contributed by atoms with van der Waals surface area (Å²) in [6, 6.07) is 10.1. The highest BCUT2D eigenvalue weighted by atomic mass is 16.5. The predicted molar refractivity (Wildman–Crippen MR) is 91.4 cm³/mol. The van der Waals surface area contributed by atoms with Gasteiger partial charge in [0.25, 0.3) is 5.91 Å². The number of hydrogen-bond acceptors (Lipinski definition) is 4. The molecular weight excluding hydrogens is 320 g/mol. The molecule has 1 atom stereocenters. The van der Waals surface area contributed by atoms with Gasteiger partial charge in [-0.15, -0.1) is 0 Å². The second-order valence-corrected chi connectivity index (χ2v) is 6.12. The first-order valence-corrected chi connectivity index (χ1v) is 8.23. The third kappa shape index (κ3) is 3.96. The Morgan fingerprint density at radius 1 is 1.32 bits per heavy atom. The van der Waals surface area contributed by atoms with E-state index in [9.17, 15) is 14.7 Å². The van der Waals surface area contributed by atoms with Gasteiger partial charge in [-0.05, 0) is 49.6 Å². The molecule has 3 rings (SSSR count). The highest BCUT2D eigenvalue weighted by molar-refractivity contribution is 5.97. The van der Waals surface area contributed by atoms with Crippen LogP contribution in [0.25, 0.3) is 0 Å². The van der Waals surface area contributed by atoms with E-state index >= 15 is 0 Å². The van der Waals surface area contributed by atoms with Crippen LogP contribution in [0, 0.1) is 6.92 Å². The lowest BCUT2D eigenvalue weighted by atomic mass is 10.1. The van der Waals surface area contributed by atoms with Crippen molar-refractivity contribution in [2.75, 3.05) is 6.54 Å². The van der Waals surface area contributed by atoms with Crippen LogP contribution in [-0.2, 0) is 11.4 Å². The molecule has 1 N–H and O–H groups in total. The Morgan fingerprint density at radius 3 is 2.88 bits per heavy atom. The molecule has 25 heavy (non-hydrogen) atoms. The molecule has 1 aliphatic heterocycles. The van der Waals surface area contributed by atoms with Crippen LogP contribution in [0.3, 0.4) is 0 Å². The molecule has 0 radical (unpaired) electrons. The minimum Gasteiger partial charge on any atom is -0.487 e. The topological polar surface area (TPSA) is 79.7 Å². The van der Waals surface area contributed by atoms with E-state index in [0.29, 0.717) is 37.3 Å². The maximum atomic E-state index is 12.6. The Kier molecular flexibility index (Phi) is 4.97. The predicted octanol–water partition coefficient (Wildman–Crippen LogP) is 2.66. The molecule has 0 bridgehead atoms. The van der Waals surface area contributed by atoms with E-state index in [1.807, 2.05) is 25.1 Å². The fourth-order valence-corrected chi connectivity index (χ4v) is 2.93. The van der Waals surface area contributed by atoms with E-state index < -0.39 is 12.0 Å². The van der Waals surface area contributed by atoms with Gasteiger partial charge in [0.05, 0.1) is 6.20 Å². The molecule has 1 amide bonds. The fraction of sp³-hybridized carbons (Fsp3) is 0.316. The molecule has 1 aromatic carbocycles. The molecule has 6 nitrogen and oxygen atoms in total. The molecule has 0 aliphatic carbocycles. The van der Waals surface area contributed by atoms with Gasteiger partial charge in [0.1, 0.15) is 18.4 Å². The SMILES string of the molecule is Cc1ccc(OCc2cccc(C(=O)N3CCCC3C(=O)O)c2)cn1. The lowest BCUT2D eigenvalue weighted by molar-refractivity contribution is -0.141. The average Bonchev–Trinajstić information content (AvgIpc) is 3.11.